The zero-order valence-corrected chi connectivity index (χ0v) is 16.4. The van der Waals surface area contributed by atoms with Crippen molar-refractivity contribution >= 4 is 17.9 Å². The Bertz CT molecular complexity index is 975. The van der Waals surface area contributed by atoms with Crippen LogP contribution in [0, 0.1) is 11.6 Å². The molecule has 2 aromatic rings. The molecular weight excluding hydrogens is 378 g/mol. The molecule has 0 aliphatic rings. The molecule has 0 spiro atoms. The summed E-state index contributed by atoms with van der Waals surface area (Å²) in [5, 5.41) is 10.3. The van der Waals surface area contributed by atoms with Crippen LogP contribution in [0.5, 0.6) is 11.5 Å². The summed E-state index contributed by atoms with van der Waals surface area (Å²) in [6, 6.07) is 7.95. The van der Waals surface area contributed by atoms with Crippen molar-refractivity contribution in [2.24, 2.45) is 0 Å². The van der Waals surface area contributed by atoms with Crippen molar-refractivity contribution in [3.05, 3.63) is 82.6 Å². The third-order valence-electron chi connectivity index (χ3n) is 4.18. The Hall–Kier alpha value is -3.41. The smallest absolute Gasteiger partial charge is 0.185 e. The second-order valence-electron chi connectivity index (χ2n) is 6.02. The maximum absolute atomic E-state index is 13.4. The van der Waals surface area contributed by atoms with Crippen LogP contribution in [0.25, 0.3) is 12.2 Å². The number of methoxy groups -OCH3 is 2. The van der Waals surface area contributed by atoms with E-state index in [0.717, 1.165) is 0 Å². The highest BCUT2D eigenvalue weighted by molar-refractivity contribution is 6.07. The number of ketones is 1. The molecule has 0 fully saturated rings. The summed E-state index contributed by atoms with van der Waals surface area (Å²) in [7, 11) is 2.90. The molecule has 0 heterocycles. The van der Waals surface area contributed by atoms with Crippen molar-refractivity contribution in [1.29, 1.82) is 0 Å². The lowest BCUT2D eigenvalue weighted by Gasteiger charge is -2.06. The average Bonchev–Trinajstić information content (AvgIpc) is 2.71. The maximum atomic E-state index is 13.4. The number of halogens is 2. The number of carbonyl (C=O) groups is 1. The van der Waals surface area contributed by atoms with Crippen LogP contribution in [-0.4, -0.2) is 25.1 Å². The van der Waals surface area contributed by atoms with E-state index in [0.29, 0.717) is 22.6 Å². The number of hydrogen-bond donors (Lipinski definition) is 1. The van der Waals surface area contributed by atoms with Gasteiger partial charge in [0.15, 0.2) is 5.78 Å². The zero-order valence-electron chi connectivity index (χ0n) is 16.4. The summed E-state index contributed by atoms with van der Waals surface area (Å²) in [5.74, 6) is -0.753. The van der Waals surface area contributed by atoms with Crippen molar-refractivity contribution in [2.75, 3.05) is 14.2 Å². The van der Waals surface area contributed by atoms with Crippen LogP contribution in [-0.2, 0) is 4.79 Å². The van der Waals surface area contributed by atoms with Gasteiger partial charge in [-0.1, -0.05) is 6.92 Å². The predicted octanol–water partition coefficient (Wildman–Crippen LogP) is 5.50. The van der Waals surface area contributed by atoms with Crippen molar-refractivity contribution in [2.45, 2.75) is 13.3 Å². The minimum absolute atomic E-state index is 0.156. The number of allylic oxidation sites excluding steroid dienone is 3. The number of aliphatic hydroxyl groups is 1. The standard InChI is InChI=1S/C23H22F2O4/c1-4-19(20(26)9-5-15-13-17(24)7-11-22(15)28-2)21(27)10-6-16-14-18(25)8-12-23(16)29-3/h5-14,26H,4H2,1-3H3/b9-5+,10-6+,20-19?. The normalized spacial score (nSPS) is 12.3. The maximum Gasteiger partial charge on any atom is 0.185 e. The van der Waals surface area contributed by atoms with Gasteiger partial charge in [0.05, 0.1) is 14.2 Å². The molecule has 0 bridgehead atoms. The van der Waals surface area contributed by atoms with Crippen LogP contribution in [0.3, 0.4) is 0 Å². The topological polar surface area (TPSA) is 55.8 Å². The first kappa shape index (κ1) is 21.9. The van der Waals surface area contributed by atoms with Crippen LogP contribution in [0.2, 0.25) is 0 Å². The number of aliphatic hydroxyl groups excluding tert-OH is 1. The summed E-state index contributed by atoms with van der Waals surface area (Å²) < 4.78 is 37.2. The molecule has 2 aromatic carbocycles. The molecule has 152 valence electrons. The Morgan fingerprint density at radius 1 is 0.931 bits per heavy atom. The quantitative estimate of drug-likeness (QED) is 0.361. The second kappa shape index (κ2) is 10.2. The highest BCUT2D eigenvalue weighted by Crippen LogP contribution is 2.23. The van der Waals surface area contributed by atoms with Gasteiger partial charge in [0.25, 0.3) is 0 Å². The van der Waals surface area contributed by atoms with Gasteiger partial charge < -0.3 is 14.6 Å². The van der Waals surface area contributed by atoms with Gasteiger partial charge in [-0.15, -0.1) is 0 Å². The molecule has 2 rings (SSSR count). The Kier molecular flexibility index (Phi) is 7.71. The summed E-state index contributed by atoms with van der Waals surface area (Å²) in [4.78, 5) is 12.5. The van der Waals surface area contributed by atoms with E-state index < -0.39 is 17.4 Å². The Morgan fingerprint density at radius 3 is 1.86 bits per heavy atom. The highest BCUT2D eigenvalue weighted by Gasteiger charge is 2.10. The molecule has 29 heavy (non-hydrogen) atoms. The molecule has 6 heteroatoms. The zero-order chi connectivity index (χ0) is 21.4. The first-order valence-corrected chi connectivity index (χ1v) is 8.89. The van der Waals surface area contributed by atoms with Gasteiger partial charge in [0.1, 0.15) is 28.9 Å². The van der Waals surface area contributed by atoms with E-state index in [1.165, 1.54) is 74.9 Å². The van der Waals surface area contributed by atoms with Crippen LogP contribution < -0.4 is 9.47 Å². The van der Waals surface area contributed by atoms with Gasteiger partial charge in [0.2, 0.25) is 0 Å². The average molecular weight is 400 g/mol. The highest BCUT2D eigenvalue weighted by atomic mass is 19.1. The van der Waals surface area contributed by atoms with Crippen molar-refractivity contribution in [3.8, 4) is 11.5 Å². The van der Waals surface area contributed by atoms with Crippen LogP contribution in [0.15, 0.2) is 59.9 Å². The molecule has 0 saturated heterocycles. The van der Waals surface area contributed by atoms with E-state index >= 15 is 0 Å². The molecule has 0 aliphatic heterocycles. The number of hydrogen-bond acceptors (Lipinski definition) is 4. The Balaban J connectivity index is 2.29. The molecule has 0 atom stereocenters. The number of rotatable bonds is 8. The molecule has 0 aromatic heterocycles. The molecule has 0 unspecified atom stereocenters. The fourth-order valence-electron chi connectivity index (χ4n) is 2.69. The second-order valence-corrected chi connectivity index (χ2v) is 6.02. The Labute approximate surface area is 168 Å². The summed E-state index contributed by atoms with van der Waals surface area (Å²) in [6.45, 7) is 1.72. The molecule has 0 aliphatic carbocycles. The minimum Gasteiger partial charge on any atom is -0.508 e. The molecule has 0 radical (unpaired) electrons. The number of ether oxygens (including phenoxy) is 2. The molecule has 1 N–H and O–H groups in total. The first-order chi connectivity index (χ1) is 13.9. The summed E-state index contributed by atoms with van der Waals surface area (Å²) in [5.41, 5.74) is 0.973. The Morgan fingerprint density at radius 2 is 1.41 bits per heavy atom. The van der Waals surface area contributed by atoms with Crippen molar-refractivity contribution in [1.82, 2.24) is 0 Å². The van der Waals surface area contributed by atoms with E-state index in [2.05, 4.69) is 0 Å². The molecule has 0 saturated carbocycles. The fraction of sp³-hybridized carbons (Fsp3) is 0.174. The SMILES string of the molecule is CCC(C(=O)/C=C/c1cc(F)ccc1OC)=C(O)/C=C/c1cc(F)ccc1OC. The monoisotopic (exact) mass is 400 g/mol. The lowest BCUT2D eigenvalue weighted by atomic mass is 10.0. The fourth-order valence-corrected chi connectivity index (χ4v) is 2.69. The minimum atomic E-state index is -0.459. The molecular formula is C23H22F2O4. The first-order valence-electron chi connectivity index (χ1n) is 8.89. The molecule has 4 nitrogen and oxygen atoms in total. The van der Waals surface area contributed by atoms with E-state index in [4.69, 9.17) is 9.47 Å². The molecule has 0 amide bonds. The predicted molar refractivity (Wildman–Crippen MR) is 109 cm³/mol. The van der Waals surface area contributed by atoms with Gasteiger partial charge in [-0.2, -0.15) is 0 Å². The third-order valence-corrected chi connectivity index (χ3v) is 4.18. The van der Waals surface area contributed by atoms with E-state index in [9.17, 15) is 18.7 Å². The van der Waals surface area contributed by atoms with Gasteiger partial charge in [-0.25, -0.2) is 8.78 Å². The number of benzene rings is 2. The summed E-state index contributed by atoms with van der Waals surface area (Å²) >= 11 is 0. The van der Waals surface area contributed by atoms with Crippen molar-refractivity contribution < 1.29 is 28.2 Å². The van der Waals surface area contributed by atoms with Gasteiger partial charge in [0, 0.05) is 16.7 Å². The third kappa shape index (κ3) is 5.78. The largest absolute Gasteiger partial charge is 0.508 e. The lowest BCUT2D eigenvalue weighted by molar-refractivity contribution is -0.111. The number of carbonyl (C=O) groups excluding carboxylic acids is 1. The van der Waals surface area contributed by atoms with E-state index in [1.54, 1.807) is 6.92 Å². The van der Waals surface area contributed by atoms with Crippen LogP contribution in [0.4, 0.5) is 8.78 Å². The van der Waals surface area contributed by atoms with Crippen molar-refractivity contribution in [3.63, 3.8) is 0 Å². The van der Waals surface area contributed by atoms with Crippen LogP contribution in [0.1, 0.15) is 24.5 Å². The summed E-state index contributed by atoms with van der Waals surface area (Å²) in [6.07, 6.45) is 5.69. The van der Waals surface area contributed by atoms with Gasteiger partial charge in [-0.3, -0.25) is 4.79 Å². The van der Waals surface area contributed by atoms with Gasteiger partial charge >= 0.3 is 0 Å². The lowest BCUT2D eigenvalue weighted by Crippen LogP contribution is -2.01. The van der Waals surface area contributed by atoms with E-state index in [-0.39, 0.29) is 17.8 Å². The van der Waals surface area contributed by atoms with Crippen LogP contribution >= 0.6 is 0 Å². The van der Waals surface area contributed by atoms with Gasteiger partial charge in [-0.05, 0) is 67.1 Å². The van der Waals surface area contributed by atoms with E-state index in [1.807, 2.05) is 0 Å².